The maximum Gasteiger partial charge on any atom is 0.332 e. The number of nitrogens with zero attached hydrogens (tertiary/aromatic N) is 3. The van der Waals surface area contributed by atoms with E-state index in [0.717, 1.165) is 15.2 Å². The Balaban J connectivity index is 1.73. The van der Waals surface area contributed by atoms with Gasteiger partial charge < -0.3 is 5.32 Å². The molecule has 0 radical (unpaired) electrons. The number of rotatable bonds is 5. The summed E-state index contributed by atoms with van der Waals surface area (Å²) in [6.07, 6.45) is 0. The topological polar surface area (TPSA) is 86.0 Å². The highest BCUT2D eigenvalue weighted by Gasteiger charge is 2.13. The van der Waals surface area contributed by atoms with E-state index in [2.05, 4.69) is 10.3 Å². The molecule has 134 valence electrons. The average Bonchev–Trinajstić information content (AvgIpc) is 2.68. The molecule has 7 nitrogen and oxygen atoms in total. The minimum Gasteiger partial charge on any atom is -0.350 e. The molecule has 0 unspecified atom stereocenters. The van der Waals surface area contributed by atoms with E-state index in [9.17, 15) is 14.4 Å². The number of carbonyl (C=O) groups is 1. The molecule has 0 aliphatic carbocycles. The van der Waals surface area contributed by atoms with Crippen LogP contribution < -0.4 is 16.6 Å². The van der Waals surface area contributed by atoms with Gasteiger partial charge in [-0.3, -0.25) is 18.7 Å². The lowest BCUT2D eigenvalue weighted by molar-refractivity contribution is 0.0951. The molecule has 3 rings (SSSR count). The van der Waals surface area contributed by atoms with Crippen molar-refractivity contribution in [2.75, 3.05) is 12.3 Å². The highest BCUT2D eigenvalue weighted by molar-refractivity contribution is 7.99. The molecule has 0 saturated heterocycles. The van der Waals surface area contributed by atoms with Crippen LogP contribution in [0.5, 0.6) is 0 Å². The molecular weight excluding hydrogens is 352 g/mol. The lowest BCUT2D eigenvalue weighted by atomic mass is 10.2. The van der Waals surface area contributed by atoms with Crippen molar-refractivity contribution in [3.05, 3.63) is 69.0 Å². The Morgan fingerprint density at radius 1 is 1.08 bits per heavy atom. The van der Waals surface area contributed by atoms with Gasteiger partial charge in [0, 0.05) is 31.3 Å². The van der Waals surface area contributed by atoms with Gasteiger partial charge in [0.1, 0.15) is 11.3 Å². The van der Waals surface area contributed by atoms with E-state index in [0.29, 0.717) is 11.9 Å². The monoisotopic (exact) mass is 370 g/mol. The Bertz CT molecular complexity index is 1070. The summed E-state index contributed by atoms with van der Waals surface area (Å²) in [6.45, 7) is 0.480. The van der Waals surface area contributed by atoms with E-state index in [-0.39, 0.29) is 17.2 Å². The van der Waals surface area contributed by atoms with Gasteiger partial charge in [0.2, 0.25) is 0 Å². The average molecular weight is 370 g/mol. The predicted octanol–water partition coefficient (Wildman–Crippen LogP) is 1.15. The number of amides is 1. The van der Waals surface area contributed by atoms with Crippen molar-refractivity contribution < 1.29 is 4.79 Å². The summed E-state index contributed by atoms with van der Waals surface area (Å²) in [7, 11) is 2.93. The summed E-state index contributed by atoms with van der Waals surface area (Å²) < 4.78 is 2.28. The van der Waals surface area contributed by atoms with Crippen molar-refractivity contribution in [3.63, 3.8) is 0 Å². The van der Waals surface area contributed by atoms with Crippen LogP contribution in [0.4, 0.5) is 0 Å². The second kappa shape index (κ2) is 7.57. The number of nitrogens with one attached hydrogen (secondary N) is 1. The van der Waals surface area contributed by atoms with E-state index in [1.807, 2.05) is 30.3 Å². The SMILES string of the molecule is Cn1c(=O)c2ccc(C(=O)NCCSc3ccccc3)nc2n(C)c1=O. The quantitative estimate of drug-likeness (QED) is 0.538. The van der Waals surface area contributed by atoms with Gasteiger partial charge in [-0.25, -0.2) is 9.78 Å². The molecule has 26 heavy (non-hydrogen) atoms. The minimum absolute atomic E-state index is 0.172. The van der Waals surface area contributed by atoms with Crippen LogP contribution >= 0.6 is 11.8 Å². The number of hydrogen-bond donors (Lipinski definition) is 1. The van der Waals surface area contributed by atoms with E-state index in [1.165, 1.54) is 30.8 Å². The number of aryl methyl sites for hydroxylation is 1. The van der Waals surface area contributed by atoms with Crippen LogP contribution in [-0.2, 0) is 14.1 Å². The highest BCUT2D eigenvalue weighted by Crippen LogP contribution is 2.15. The summed E-state index contributed by atoms with van der Waals surface area (Å²) in [5, 5.41) is 3.10. The zero-order valence-electron chi connectivity index (χ0n) is 14.4. The molecule has 2 heterocycles. The first kappa shape index (κ1) is 17.9. The fraction of sp³-hybridized carbons (Fsp3) is 0.222. The zero-order chi connectivity index (χ0) is 18.7. The molecule has 3 aromatic rings. The first-order chi connectivity index (χ1) is 12.5. The molecular formula is C18H18N4O3S. The number of pyridine rings is 1. The van der Waals surface area contributed by atoms with Gasteiger partial charge in [0.05, 0.1) is 5.39 Å². The van der Waals surface area contributed by atoms with Crippen LogP contribution in [0, 0.1) is 0 Å². The molecule has 0 bridgehead atoms. The molecule has 0 spiro atoms. The first-order valence-corrected chi connectivity index (χ1v) is 9.00. The van der Waals surface area contributed by atoms with Crippen LogP contribution in [0.25, 0.3) is 11.0 Å². The van der Waals surface area contributed by atoms with Crippen molar-refractivity contribution in [2.24, 2.45) is 14.1 Å². The largest absolute Gasteiger partial charge is 0.350 e. The molecule has 0 fully saturated rings. The van der Waals surface area contributed by atoms with E-state index >= 15 is 0 Å². The van der Waals surface area contributed by atoms with Gasteiger partial charge in [0.25, 0.3) is 11.5 Å². The van der Waals surface area contributed by atoms with Crippen LogP contribution in [0.2, 0.25) is 0 Å². The number of thioether (sulfide) groups is 1. The van der Waals surface area contributed by atoms with Crippen LogP contribution in [0.1, 0.15) is 10.5 Å². The van der Waals surface area contributed by atoms with E-state index in [1.54, 1.807) is 11.8 Å². The van der Waals surface area contributed by atoms with E-state index < -0.39 is 11.2 Å². The normalized spacial score (nSPS) is 10.8. The standard InChI is InChI=1S/C18H18N4O3S/c1-21-15-13(17(24)22(2)18(21)25)8-9-14(20-15)16(23)19-10-11-26-12-6-4-3-5-7-12/h3-9H,10-11H2,1-2H3,(H,19,23). The fourth-order valence-electron chi connectivity index (χ4n) is 2.52. The number of hydrogen-bond acceptors (Lipinski definition) is 5. The first-order valence-electron chi connectivity index (χ1n) is 8.02. The predicted molar refractivity (Wildman–Crippen MR) is 102 cm³/mol. The van der Waals surface area contributed by atoms with Gasteiger partial charge in [-0.2, -0.15) is 0 Å². The minimum atomic E-state index is -0.480. The third kappa shape index (κ3) is 3.55. The zero-order valence-corrected chi connectivity index (χ0v) is 15.2. The molecule has 1 N–H and O–H groups in total. The molecule has 8 heteroatoms. The van der Waals surface area contributed by atoms with Gasteiger partial charge >= 0.3 is 5.69 Å². The van der Waals surface area contributed by atoms with Crippen molar-refractivity contribution >= 4 is 28.7 Å². The molecule has 0 saturated carbocycles. The second-order valence-corrected chi connectivity index (χ2v) is 6.86. The second-order valence-electron chi connectivity index (χ2n) is 5.69. The Labute approximate surface area is 153 Å². The smallest absolute Gasteiger partial charge is 0.332 e. The van der Waals surface area contributed by atoms with Crippen molar-refractivity contribution in [1.29, 1.82) is 0 Å². The number of fused-ring (bicyclic) bond motifs is 1. The Hall–Kier alpha value is -2.87. The van der Waals surface area contributed by atoms with Crippen LogP contribution in [0.3, 0.4) is 0 Å². The third-order valence-corrected chi connectivity index (χ3v) is 4.95. The third-order valence-electron chi connectivity index (χ3n) is 3.93. The molecule has 2 aromatic heterocycles. The lowest BCUT2D eigenvalue weighted by Gasteiger charge is -2.09. The number of benzene rings is 1. The summed E-state index contributed by atoms with van der Waals surface area (Å²) in [5.74, 6) is 0.385. The maximum absolute atomic E-state index is 12.3. The highest BCUT2D eigenvalue weighted by atomic mass is 32.2. The summed E-state index contributed by atoms with van der Waals surface area (Å²) in [6, 6.07) is 12.9. The Morgan fingerprint density at radius 3 is 2.54 bits per heavy atom. The number of carbonyl (C=O) groups excluding carboxylic acids is 1. The molecule has 0 atom stereocenters. The molecule has 0 aliphatic heterocycles. The summed E-state index contributed by atoms with van der Waals surface area (Å²) in [4.78, 5) is 41.8. The van der Waals surface area contributed by atoms with Gasteiger partial charge in [0.15, 0.2) is 0 Å². The Kier molecular flexibility index (Phi) is 5.22. The van der Waals surface area contributed by atoms with Crippen LogP contribution in [-0.4, -0.2) is 32.3 Å². The van der Waals surface area contributed by atoms with Crippen molar-refractivity contribution in [3.8, 4) is 0 Å². The summed E-state index contributed by atoms with van der Waals surface area (Å²) >= 11 is 1.64. The molecule has 1 amide bonds. The van der Waals surface area contributed by atoms with Crippen molar-refractivity contribution in [1.82, 2.24) is 19.4 Å². The lowest BCUT2D eigenvalue weighted by Crippen LogP contribution is -2.37. The van der Waals surface area contributed by atoms with Crippen LogP contribution in [0.15, 0.2) is 56.9 Å². The maximum atomic E-state index is 12.3. The number of aromatic nitrogens is 3. The Morgan fingerprint density at radius 2 is 1.81 bits per heavy atom. The van der Waals surface area contributed by atoms with Gasteiger partial charge in [-0.15, -0.1) is 11.8 Å². The van der Waals surface area contributed by atoms with Crippen molar-refractivity contribution in [2.45, 2.75) is 4.90 Å². The van der Waals surface area contributed by atoms with Gasteiger partial charge in [-0.05, 0) is 24.3 Å². The molecule has 0 aliphatic rings. The fourth-order valence-corrected chi connectivity index (χ4v) is 3.31. The van der Waals surface area contributed by atoms with Gasteiger partial charge in [-0.1, -0.05) is 18.2 Å². The molecule has 1 aromatic carbocycles. The van der Waals surface area contributed by atoms with E-state index in [4.69, 9.17) is 0 Å². The summed E-state index contributed by atoms with van der Waals surface area (Å²) in [5.41, 5.74) is -0.538.